The number of nitrogens with one attached hydrogen (secondary N) is 1. The Labute approximate surface area is 150 Å². The molecule has 1 atom stereocenters. The smallest absolute Gasteiger partial charge is 0.243 e. The van der Waals surface area contributed by atoms with Gasteiger partial charge in [0.05, 0.1) is 18.8 Å². The first-order valence-corrected chi connectivity index (χ1v) is 9.07. The van der Waals surface area contributed by atoms with Crippen LogP contribution in [0.5, 0.6) is 5.75 Å². The summed E-state index contributed by atoms with van der Waals surface area (Å²) in [6, 6.07) is 7.14. The first kappa shape index (κ1) is 19.8. The lowest BCUT2D eigenvalue weighted by Gasteiger charge is -2.09. The third-order valence-electron chi connectivity index (χ3n) is 3.09. The van der Waals surface area contributed by atoms with Gasteiger partial charge in [-0.05, 0) is 30.6 Å². The van der Waals surface area contributed by atoms with E-state index >= 15 is 0 Å². The van der Waals surface area contributed by atoms with Gasteiger partial charge in [0.25, 0.3) is 0 Å². The number of methoxy groups -OCH3 is 1. The molecule has 5 nitrogen and oxygen atoms in total. The molecule has 3 N–H and O–H groups in total. The van der Waals surface area contributed by atoms with Crippen molar-refractivity contribution in [2.24, 2.45) is 5.73 Å². The van der Waals surface area contributed by atoms with Gasteiger partial charge in [-0.3, -0.25) is 4.79 Å². The number of para-hydroxylation sites is 1. The van der Waals surface area contributed by atoms with Crippen molar-refractivity contribution in [2.75, 3.05) is 24.4 Å². The average molecular weight is 374 g/mol. The summed E-state index contributed by atoms with van der Waals surface area (Å²) in [5.74, 6) is 1.41. The second-order valence-electron chi connectivity index (χ2n) is 4.62. The summed E-state index contributed by atoms with van der Waals surface area (Å²) in [7, 11) is 1.62. The van der Waals surface area contributed by atoms with Crippen LogP contribution >= 0.6 is 35.5 Å². The number of halogens is 1. The molecular formula is C15H20ClN3O2S2. The number of carbonyl (C=O) groups excluding carboxylic acids is 1. The van der Waals surface area contributed by atoms with Crippen molar-refractivity contribution in [1.29, 1.82) is 0 Å². The molecule has 0 aliphatic rings. The lowest BCUT2D eigenvalue weighted by molar-refractivity contribution is -0.117. The highest BCUT2D eigenvalue weighted by atomic mass is 35.5. The number of thioether (sulfide) groups is 1. The number of nitrogens with two attached hydrogens (primary N) is 1. The van der Waals surface area contributed by atoms with Gasteiger partial charge in [-0.15, -0.1) is 23.7 Å². The van der Waals surface area contributed by atoms with Crippen LogP contribution in [0.1, 0.15) is 6.42 Å². The van der Waals surface area contributed by atoms with Crippen LogP contribution in [0.15, 0.2) is 29.6 Å². The summed E-state index contributed by atoms with van der Waals surface area (Å²) in [5.41, 5.74) is 7.52. The van der Waals surface area contributed by atoms with Gasteiger partial charge in [-0.1, -0.05) is 12.1 Å². The van der Waals surface area contributed by atoms with Crippen LogP contribution in [-0.4, -0.2) is 36.1 Å². The van der Waals surface area contributed by atoms with Crippen molar-refractivity contribution >= 4 is 46.5 Å². The van der Waals surface area contributed by atoms with Crippen molar-refractivity contribution in [1.82, 2.24) is 4.98 Å². The lowest BCUT2D eigenvalue weighted by Crippen LogP contribution is -2.36. The highest BCUT2D eigenvalue weighted by molar-refractivity contribution is 7.98. The molecule has 23 heavy (non-hydrogen) atoms. The molecule has 0 saturated carbocycles. The monoisotopic (exact) mass is 373 g/mol. The zero-order valence-corrected chi connectivity index (χ0v) is 15.4. The predicted octanol–water partition coefficient (Wildman–Crippen LogP) is 3.26. The van der Waals surface area contributed by atoms with Crippen LogP contribution in [0.25, 0.3) is 11.3 Å². The Hall–Kier alpha value is -1.28. The first-order valence-electron chi connectivity index (χ1n) is 6.80. The summed E-state index contributed by atoms with van der Waals surface area (Å²) in [6.07, 6.45) is 2.64. The first-order chi connectivity index (χ1) is 10.7. The van der Waals surface area contributed by atoms with E-state index in [0.29, 0.717) is 11.6 Å². The summed E-state index contributed by atoms with van der Waals surface area (Å²) in [6.45, 7) is 0. The van der Waals surface area contributed by atoms with Gasteiger partial charge in [-0.2, -0.15) is 11.8 Å². The van der Waals surface area contributed by atoms with Crippen molar-refractivity contribution in [3.05, 3.63) is 29.6 Å². The molecule has 1 heterocycles. The second-order valence-corrected chi connectivity index (χ2v) is 6.46. The number of nitrogens with zero attached hydrogens (tertiary/aromatic N) is 1. The molecule has 1 aromatic heterocycles. The number of hydrogen-bond donors (Lipinski definition) is 2. The van der Waals surface area contributed by atoms with E-state index in [4.69, 9.17) is 10.5 Å². The minimum Gasteiger partial charge on any atom is -0.496 e. The molecule has 1 amide bonds. The topological polar surface area (TPSA) is 77.2 Å². The van der Waals surface area contributed by atoms with Gasteiger partial charge >= 0.3 is 0 Å². The molecule has 0 saturated heterocycles. The number of amides is 1. The average Bonchev–Trinajstić information content (AvgIpc) is 3.00. The Morgan fingerprint density at radius 1 is 1.48 bits per heavy atom. The normalized spacial score (nSPS) is 11.4. The molecule has 1 aromatic carbocycles. The van der Waals surface area contributed by atoms with Crippen molar-refractivity contribution in [2.45, 2.75) is 12.5 Å². The Kier molecular flexibility index (Phi) is 8.40. The van der Waals surface area contributed by atoms with Gasteiger partial charge in [0, 0.05) is 10.9 Å². The number of ether oxygens (including phenoxy) is 1. The number of thiazole rings is 1. The zero-order chi connectivity index (χ0) is 15.9. The van der Waals surface area contributed by atoms with Crippen LogP contribution in [0.2, 0.25) is 0 Å². The van der Waals surface area contributed by atoms with E-state index in [2.05, 4.69) is 10.3 Å². The van der Waals surface area contributed by atoms with Crippen molar-refractivity contribution in [3.63, 3.8) is 0 Å². The number of rotatable bonds is 7. The fourth-order valence-corrected chi connectivity index (χ4v) is 3.09. The third kappa shape index (κ3) is 5.39. The number of hydrogen-bond acceptors (Lipinski definition) is 6. The number of anilines is 1. The van der Waals surface area contributed by atoms with E-state index in [9.17, 15) is 4.79 Å². The van der Waals surface area contributed by atoms with Gasteiger partial charge in [0.1, 0.15) is 5.75 Å². The fourth-order valence-electron chi connectivity index (χ4n) is 1.89. The molecule has 0 radical (unpaired) electrons. The molecule has 0 aliphatic carbocycles. The quantitative estimate of drug-likeness (QED) is 0.778. The van der Waals surface area contributed by atoms with E-state index in [0.717, 1.165) is 22.8 Å². The molecule has 126 valence electrons. The largest absolute Gasteiger partial charge is 0.496 e. The molecule has 0 spiro atoms. The fraction of sp³-hybridized carbons (Fsp3) is 0.333. The van der Waals surface area contributed by atoms with Crippen LogP contribution in [-0.2, 0) is 4.79 Å². The summed E-state index contributed by atoms with van der Waals surface area (Å²) in [4.78, 5) is 16.4. The van der Waals surface area contributed by atoms with E-state index < -0.39 is 6.04 Å². The van der Waals surface area contributed by atoms with E-state index in [1.165, 1.54) is 11.3 Å². The highest BCUT2D eigenvalue weighted by Crippen LogP contribution is 2.31. The Morgan fingerprint density at radius 3 is 2.91 bits per heavy atom. The van der Waals surface area contributed by atoms with Gasteiger partial charge in [-0.25, -0.2) is 4.98 Å². The SMILES string of the molecule is COc1ccccc1-c1csc(NC(=O)[C@@H](N)CCSC)n1.Cl. The second kappa shape index (κ2) is 9.77. The van der Waals surface area contributed by atoms with E-state index in [-0.39, 0.29) is 18.3 Å². The maximum Gasteiger partial charge on any atom is 0.243 e. The maximum atomic E-state index is 12.0. The van der Waals surface area contributed by atoms with Crippen LogP contribution in [0.4, 0.5) is 5.13 Å². The van der Waals surface area contributed by atoms with E-state index in [1.54, 1.807) is 18.9 Å². The summed E-state index contributed by atoms with van der Waals surface area (Å²) in [5, 5.41) is 5.21. The third-order valence-corrected chi connectivity index (χ3v) is 4.49. The summed E-state index contributed by atoms with van der Waals surface area (Å²) >= 11 is 3.05. The molecular weight excluding hydrogens is 354 g/mol. The zero-order valence-electron chi connectivity index (χ0n) is 12.9. The van der Waals surface area contributed by atoms with Gasteiger partial charge in [0.2, 0.25) is 5.91 Å². The Morgan fingerprint density at radius 2 is 2.22 bits per heavy atom. The molecule has 8 heteroatoms. The molecule has 2 aromatic rings. The molecule has 0 aliphatic heterocycles. The minimum absolute atomic E-state index is 0. The highest BCUT2D eigenvalue weighted by Gasteiger charge is 2.15. The van der Waals surface area contributed by atoms with Crippen molar-refractivity contribution < 1.29 is 9.53 Å². The number of carbonyl (C=O) groups is 1. The molecule has 0 fully saturated rings. The molecule has 2 rings (SSSR count). The molecule has 0 unspecified atom stereocenters. The van der Waals surface area contributed by atoms with Gasteiger partial charge in [0.15, 0.2) is 5.13 Å². The minimum atomic E-state index is -0.508. The summed E-state index contributed by atoms with van der Waals surface area (Å²) < 4.78 is 5.33. The predicted molar refractivity (Wildman–Crippen MR) is 101 cm³/mol. The standard InChI is InChI=1S/C15H19N3O2S2.ClH/c1-20-13-6-4-3-5-10(13)12-9-22-15(17-12)18-14(19)11(16)7-8-21-2;/h3-6,9,11H,7-8,16H2,1-2H3,(H,17,18,19);1H/t11-;/m0./s1. The molecule has 0 bridgehead atoms. The van der Waals surface area contributed by atoms with E-state index in [1.807, 2.05) is 35.9 Å². The Balaban J connectivity index is 0.00000264. The van der Waals surface area contributed by atoms with Crippen LogP contribution < -0.4 is 15.8 Å². The van der Waals surface area contributed by atoms with Crippen molar-refractivity contribution in [3.8, 4) is 17.0 Å². The Bertz CT molecular complexity index is 637. The lowest BCUT2D eigenvalue weighted by atomic mass is 10.1. The van der Waals surface area contributed by atoms with Crippen LogP contribution in [0.3, 0.4) is 0 Å². The number of benzene rings is 1. The number of aromatic nitrogens is 1. The maximum absolute atomic E-state index is 12.0. The van der Waals surface area contributed by atoms with Crippen LogP contribution in [0, 0.1) is 0 Å². The van der Waals surface area contributed by atoms with Gasteiger partial charge < -0.3 is 15.8 Å².